The minimum Gasteiger partial charge on any atom is -0.457 e. The predicted octanol–water partition coefficient (Wildman–Crippen LogP) is 5.09. The molecule has 0 saturated carbocycles. The van der Waals surface area contributed by atoms with Crippen LogP contribution in [0, 0.1) is 13.8 Å². The van der Waals surface area contributed by atoms with E-state index in [1.54, 1.807) is 48.8 Å². The van der Waals surface area contributed by atoms with Gasteiger partial charge in [0, 0.05) is 36.5 Å². The molecule has 1 amide bonds. The summed E-state index contributed by atoms with van der Waals surface area (Å²) in [7, 11) is 0. The van der Waals surface area contributed by atoms with Crippen LogP contribution < -0.4 is 10.1 Å². The number of carbonyl (C=O) groups is 2. The molecule has 0 aliphatic heterocycles. The number of hydrogen-bond donors (Lipinski definition) is 1. The topological polar surface area (TPSA) is 68.3 Å². The number of benzene rings is 2. The number of ether oxygens (including phenoxy) is 1. The molecule has 1 aromatic heterocycles. The molecule has 28 heavy (non-hydrogen) atoms. The predicted molar refractivity (Wildman–Crippen MR) is 109 cm³/mol. The molecular weight excluding hydrogens is 352 g/mol. The molecule has 0 aliphatic rings. The minimum atomic E-state index is -0.194. The van der Waals surface area contributed by atoms with Crippen molar-refractivity contribution in [3.8, 4) is 11.5 Å². The van der Waals surface area contributed by atoms with Gasteiger partial charge in [0.2, 0.25) is 5.91 Å². The van der Waals surface area contributed by atoms with E-state index >= 15 is 0 Å². The summed E-state index contributed by atoms with van der Waals surface area (Å²) in [6.07, 6.45) is 3.63. The molecule has 5 nitrogen and oxygen atoms in total. The molecule has 0 unspecified atom stereocenters. The third kappa shape index (κ3) is 5.27. The lowest BCUT2D eigenvalue weighted by molar-refractivity contribution is -0.116. The number of hydrogen-bond acceptors (Lipinski definition) is 4. The van der Waals surface area contributed by atoms with Crippen molar-refractivity contribution in [1.82, 2.24) is 4.98 Å². The van der Waals surface area contributed by atoms with E-state index in [0.717, 1.165) is 11.1 Å². The number of Topliss-reactive ketones (excluding diaryl/α,β-unsaturated/α-hetero) is 1. The maximum absolute atomic E-state index is 12.3. The van der Waals surface area contributed by atoms with Gasteiger partial charge in [0.15, 0.2) is 5.78 Å². The highest BCUT2D eigenvalue weighted by atomic mass is 16.5. The molecule has 0 radical (unpaired) electrons. The van der Waals surface area contributed by atoms with Crippen LogP contribution in [0.15, 0.2) is 67.0 Å². The maximum Gasteiger partial charge on any atom is 0.224 e. The van der Waals surface area contributed by atoms with Crippen molar-refractivity contribution in [1.29, 1.82) is 0 Å². The number of nitrogens with zero attached hydrogens (tertiary/aromatic N) is 1. The quantitative estimate of drug-likeness (QED) is 0.585. The van der Waals surface area contributed by atoms with Gasteiger partial charge in [-0.2, -0.15) is 0 Å². The van der Waals surface area contributed by atoms with Gasteiger partial charge in [0.05, 0.1) is 0 Å². The molecule has 3 aromatic rings. The zero-order chi connectivity index (χ0) is 19.9. The highest BCUT2D eigenvalue weighted by Gasteiger charge is 2.10. The van der Waals surface area contributed by atoms with E-state index in [9.17, 15) is 9.59 Å². The normalized spacial score (nSPS) is 10.4. The number of carbonyl (C=O) groups excluding carboxylic acids is 2. The summed E-state index contributed by atoms with van der Waals surface area (Å²) in [5.41, 5.74) is 3.52. The number of nitrogens with one attached hydrogen (secondary N) is 1. The average Bonchev–Trinajstić information content (AvgIpc) is 2.70. The fourth-order valence-corrected chi connectivity index (χ4v) is 2.66. The molecule has 0 saturated heterocycles. The Kier molecular flexibility index (Phi) is 6.17. The van der Waals surface area contributed by atoms with Gasteiger partial charge < -0.3 is 10.1 Å². The third-order valence-electron chi connectivity index (χ3n) is 4.43. The van der Waals surface area contributed by atoms with E-state index in [0.29, 0.717) is 22.7 Å². The molecule has 1 N–H and O–H groups in total. The Bertz CT molecular complexity index is 967. The lowest BCUT2D eigenvalue weighted by Gasteiger charge is -2.08. The largest absolute Gasteiger partial charge is 0.457 e. The van der Waals surface area contributed by atoms with Gasteiger partial charge in [-0.3, -0.25) is 14.6 Å². The SMILES string of the molecule is Cc1ccc(C(=O)CCC(=O)Nc2ccc(Oc3ccncc3)cc2)cc1C. The van der Waals surface area contributed by atoms with E-state index in [1.165, 1.54) is 0 Å². The van der Waals surface area contributed by atoms with Gasteiger partial charge in [-0.05, 0) is 67.4 Å². The second kappa shape index (κ2) is 8.95. The highest BCUT2D eigenvalue weighted by molar-refractivity contribution is 6.00. The molecule has 142 valence electrons. The number of anilines is 1. The molecular formula is C23H22N2O3. The first kappa shape index (κ1) is 19.3. The van der Waals surface area contributed by atoms with Gasteiger partial charge in [-0.25, -0.2) is 0 Å². The molecule has 0 bridgehead atoms. The minimum absolute atomic E-state index is 0.0284. The smallest absolute Gasteiger partial charge is 0.224 e. The molecule has 0 spiro atoms. The fraction of sp³-hybridized carbons (Fsp3) is 0.174. The lowest BCUT2D eigenvalue weighted by Crippen LogP contribution is -2.13. The van der Waals surface area contributed by atoms with Crippen molar-refractivity contribution in [2.75, 3.05) is 5.32 Å². The molecule has 3 rings (SSSR count). The Morgan fingerprint density at radius 2 is 1.54 bits per heavy atom. The van der Waals surface area contributed by atoms with E-state index in [2.05, 4.69) is 10.3 Å². The van der Waals surface area contributed by atoms with Crippen LogP contribution in [0.25, 0.3) is 0 Å². The Labute approximate surface area is 164 Å². The molecule has 2 aromatic carbocycles. The highest BCUT2D eigenvalue weighted by Crippen LogP contribution is 2.22. The van der Waals surface area contributed by atoms with Crippen LogP contribution in [0.5, 0.6) is 11.5 Å². The molecule has 0 aliphatic carbocycles. The maximum atomic E-state index is 12.3. The van der Waals surface area contributed by atoms with Crippen LogP contribution >= 0.6 is 0 Å². The summed E-state index contributed by atoms with van der Waals surface area (Å²) < 4.78 is 5.69. The van der Waals surface area contributed by atoms with E-state index in [-0.39, 0.29) is 24.5 Å². The van der Waals surface area contributed by atoms with Crippen LogP contribution in [0.4, 0.5) is 5.69 Å². The van der Waals surface area contributed by atoms with Crippen LogP contribution in [0.3, 0.4) is 0 Å². The zero-order valence-electron chi connectivity index (χ0n) is 15.9. The summed E-state index contributed by atoms with van der Waals surface area (Å²) in [5, 5.41) is 2.80. The Hall–Kier alpha value is -3.47. The number of ketones is 1. The number of aryl methyl sites for hydroxylation is 2. The van der Waals surface area contributed by atoms with Gasteiger partial charge in [0.25, 0.3) is 0 Å². The molecule has 1 heterocycles. The van der Waals surface area contributed by atoms with Gasteiger partial charge in [-0.15, -0.1) is 0 Å². The Balaban J connectivity index is 1.50. The van der Waals surface area contributed by atoms with Crippen LogP contribution in [-0.4, -0.2) is 16.7 Å². The molecule has 5 heteroatoms. The molecule has 0 atom stereocenters. The van der Waals surface area contributed by atoms with Crippen LogP contribution in [-0.2, 0) is 4.79 Å². The van der Waals surface area contributed by atoms with E-state index < -0.39 is 0 Å². The van der Waals surface area contributed by atoms with Crippen molar-refractivity contribution in [2.45, 2.75) is 26.7 Å². The zero-order valence-corrected chi connectivity index (χ0v) is 15.9. The second-order valence-electron chi connectivity index (χ2n) is 6.58. The van der Waals surface area contributed by atoms with Crippen LogP contribution in [0.2, 0.25) is 0 Å². The van der Waals surface area contributed by atoms with Crippen molar-refractivity contribution < 1.29 is 14.3 Å². The van der Waals surface area contributed by atoms with Crippen molar-refractivity contribution in [2.24, 2.45) is 0 Å². The van der Waals surface area contributed by atoms with Crippen molar-refractivity contribution in [3.63, 3.8) is 0 Å². The lowest BCUT2D eigenvalue weighted by atomic mass is 10.0. The van der Waals surface area contributed by atoms with E-state index in [1.807, 2.05) is 32.0 Å². The Morgan fingerprint density at radius 1 is 0.857 bits per heavy atom. The van der Waals surface area contributed by atoms with Crippen LogP contribution in [0.1, 0.15) is 34.3 Å². The summed E-state index contributed by atoms with van der Waals surface area (Å²) in [6, 6.07) is 16.2. The van der Waals surface area contributed by atoms with Gasteiger partial charge in [0.1, 0.15) is 11.5 Å². The fourth-order valence-electron chi connectivity index (χ4n) is 2.66. The third-order valence-corrected chi connectivity index (χ3v) is 4.43. The number of aromatic nitrogens is 1. The number of pyridine rings is 1. The monoisotopic (exact) mass is 374 g/mol. The summed E-state index contributed by atoms with van der Waals surface area (Å²) in [4.78, 5) is 28.4. The molecule has 0 fully saturated rings. The second-order valence-corrected chi connectivity index (χ2v) is 6.58. The standard InChI is InChI=1S/C23H22N2O3/c1-16-3-4-18(15-17(16)2)22(26)9-10-23(27)25-19-5-7-20(8-6-19)28-21-11-13-24-14-12-21/h3-8,11-15H,9-10H2,1-2H3,(H,25,27). The van der Waals surface area contributed by atoms with Gasteiger partial charge in [-0.1, -0.05) is 12.1 Å². The average molecular weight is 374 g/mol. The Morgan fingerprint density at radius 3 is 2.21 bits per heavy atom. The summed E-state index contributed by atoms with van der Waals surface area (Å²) >= 11 is 0. The van der Waals surface area contributed by atoms with E-state index in [4.69, 9.17) is 4.74 Å². The van der Waals surface area contributed by atoms with Gasteiger partial charge >= 0.3 is 0 Å². The van der Waals surface area contributed by atoms with Crippen molar-refractivity contribution in [3.05, 3.63) is 83.7 Å². The van der Waals surface area contributed by atoms with Crippen molar-refractivity contribution >= 4 is 17.4 Å². The first-order valence-corrected chi connectivity index (χ1v) is 9.09. The summed E-state index contributed by atoms with van der Waals surface area (Å²) in [6.45, 7) is 3.98. The number of rotatable bonds is 7. The summed E-state index contributed by atoms with van der Waals surface area (Å²) in [5.74, 6) is 1.13. The first-order chi connectivity index (χ1) is 13.5. The number of amides is 1. The first-order valence-electron chi connectivity index (χ1n) is 9.09.